The molecule has 13 heavy (non-hydrogen) atoms. The van der Waals surface area contributed by atoms with Crippen molar-refractivity contribution >= 4 is 11.6 Å². The molecule has 0 saturated heterocycles. The monoisotopic (exact) mass is 182 g/mol. The summed E-state index contributed by atoms with van der Waals surface area (Å²) in [5.74, 6) is 2.04. The van der Waals surface area contributed by atoms with Crippen LogP contribution >= 0.6 is 0 Å². The van der Waals surface area contributed by atoms with E-state index in [1.807, 2.05) is 36.8 Å². The second-order valence-corrected chi connectivity index (χ2v) is 3.57. The molecule has 1 aromatic heterocycles. The Morgan fingerprint density at radius 2 is 2.08 bits per heavy atom. The third-order valence-corrected chi connectivity index (χ3v) is 1.93. The van der Waals surface area contributed by atoms with Gasteiger partial charge in [-0.05, 0) is 13.8 Å². The first-order valence-corrected chi connectivity index (χ1v) is 4.51. The zero-order valence-corrected chi connectivity index (χ0v) is 9.00. The van der Waals surface area contributed by atoms with Crippen LogP contribution in [-0.2, 0) is 0 Å². The first-order valence-electron chi connectivity index (χ1n) is 4.51. The standard InChI is InChI=1S/C9H18N4/c1-7(2)13-8(10-3)6-9(11-13)12(4)5/h6-7,10H,1-5H3. The molecule has 1 N–H and O–H groups in total. The van der Waals surface area contributed by atoms with Crippen molar-refractivity contribution in [2.45, 2.75) is 19.9 Å². The highest BCUT2D eigenvalue weighted by molar-refractivity contribution is 5.49. The Kier molecular flexibility index (Phi) is 2.80. The number of nitrogens with one attached hydrogen (secondary N) is 1. The van der Waals surface area contributed by atoms with Crippen LogP contribution in [-0.4, -0.2) is 30.9 Å². The summed E-state index contributed by atoms with van der Waals surface area (Å²) in [5, 5.41) is 7.59. The van der Waals surface area contributed by atoms with Crippen molar-refractivity contribution in [3.05, 3.63) is 6.07 Å². The summed E-state index contributed by atoms with van der Waals surface area (Å²) in [5.41, 5.74) is 0. The van der Waals surface area contributed by atoms with Gasteiger partial charge in [0.2, 0.25) is 0 Å². The molecule has 0 atom stereocenters. The molecule has 4 nitrogen and oxygen atoms in total. The van der Waals surface area contributed by atoms with Gasteiger partial charge in [-0.1, -0.05) is 0 Å². The lowest BCUT2D eigenvalue weighted by atomic mass is 10.4. The molecule has 0 amide bonds. The largest absolute Gasteiger partial charge is 0.373 e. The highest BCUT2D eigenvalue weighted by atomic mass is 15.4. The van der Waals surface area contributed by atoms with E-state index in [2.05, 4.69) is 24.3 Å². The van der Waals surface area contributed by atoms with Gasteiger partial charge in [-0.25, -0.2) is 4.68 Å². The Labute approximate surface area is 79.5 Å². The van der Waals surface area contributed by atoms with Gasteiger partial charge in [-0.3, -0.25) is 0 Å². The van der Waals surface area contributed by atoms with Gasteiger partial charge in [0.1, 0.15) is 5.82 Å². The quantitative estimate of drug-likeness (QED) is 0.770. The molecule has 1 rings (SSSR count). The molecule has 0 bridgehead atoms. The van der Waals surface area contributed by atoms with Crippen LogP contribution in [0.4, 0.5) is 11.6 Å². The molecule has 0 aliphatic heterocycles. The molecular formula is C9H18N4. The molecule has 0 aliphatic rings. The van der Waals surface area contributed by atoms with Crippen molar-refractivity contribution in [2.24, 2.45) is 0 Å². The van der Waals surface area contributed by atoms with Crippen molar-refractivity contribution in [1.82, 2.24) is 9.78 Å². The minimum Gasteiger partial charge on any atom is -0.373 e. The summed E-state index contributed by atoms with van der Waals surface area (Å²) >= 11 is 0. The fourth-order valence-corrected chi connectivity index (χ4v) is 1.18. The summed E-state index contributed by atoms with van der Waals surface area (Å²) in [6.07, 6.45) is 0. The van der Waals surface area contributed by atoms with Crippen LogP contribution in [0.25, 0.3) is 0 Å². The van der Waals surface area contributed by atoms with Crippen LogP contribution in [0, 0.1) is 0 Å². The Balaban J connectivity index is 3.04. The Morgan fingerprint density at radius 3 is 2.38 bits per heavy atom. The van der Waals surface area contributed by atoms with E-state index in [9.17, 15) is 0 Å². The molecule has 1 aromatic rings. The van der Waals surface area contributed by atoms with Crippen molar-refractivity contribution in [2.75, 3.05) is 31.4 Å². The molecule has 0 fully saturated rings. The third kappa shape index (κ3) is 1.94. The Hall–Kier alpha value is -1.19. The van der Waals surface area contributed by atoms with Crippen LogP contribution in [0.1, 0.15) is 19.9 Å². The smallest absolute Gasteiger partial charge is 0.152 e. The van der Waals surface area contributed by atoms with Gasteiger partial charge < -0.3 is 10.2 Å². The number of rotatable bonds is 3. The predicted molar refractivity (Wildman–Crippen MR) is 56.5 cm³/mol. The van der Waals surface area contributed by atoms with Gasteiger partial charge in [-0.2, -0.15) is 5.10 Å². The van der Waals surface area contributed by atoms with E-state index in [0.29, 0.717) is 6.04 Å². The molecule has 0 aliphatic carbocycles. The second-order valence-electron chi connectivity index (χ2n) is 3.57. The van der Waals surface area contributed by atoms with E-state index >= 15 is 0 Å². The molecular weight excluding hydrogens is 164 g/mol. The number of hydrogen-bond donors (Lipinski definition) is 1. The molecule has 0 spiro atoms. The van der Waals surface area contributed by atoms with Gasteiger partial charge in [0.05, 0.1) is 0 Å². The fourth-order valence-electron chi connectivity index (χ4n) is 1.18. The van der Waals surface area contributed by atoms with E-state index < -0.39 is 0 Å². The predicted octanol–water partition coefficient (Wildman–Crippen LogP) is 1.57. The zero-order valence-electron chi connectivity index (χ0n) is 9.00. The highest BCUT2D eigenvalue weighted by Gasteiger charge is 2.09. The van der Waals surface area contributed by atoms with E-state index in [-0.39, 0.29) is 0 Å². The highest BCUT2D eigenvalue weighted by Crippen LogP contribution is 2.20. The lowest BCUT2D eigenvalue weighted by molar-refractivity contribution is 0.539. The zero-order chi connectivity index (χ0) is 10.0. The van der Waals surface area contributed by atoms with Crippen LogP contribution < -0.4 is 10.2 Å². The maximum absolute atomic E-state index is 4.46. The molecule has 74 valence electrons. The maximum atomic E-state index is 4.46. The SMILES string of the molecule is CNc1cc(N(C)C)nn1C(C)C. The summed E-state index contributed by atoms with van der Waals surface area (Å²) in [4.78, 5) is 2.00. The maximum Gasteiger partial charge on any atom is 0.152 e. The minimum absolute atomic E-state index is 0.385. The molecule has 0 unspecified atom stereocenters. The minimum atomic E-state index is 0.385. The molecule has 0 aromatic carbocycles. The van der Waals surface area contributed by atoms with Crippen LogP contribution in [0.2, 0.25) is 0 Å². The van der Waals surface area contributed by atoms with Crippen molar-refractivity contribution in [3.63, 3.8) is 0 Å². The van der Waals surface area contributed by atoms with Crippen molar-refractivity contribution in [1.29, 1.82) is 0 Å². The van der Waals surface area contributed by atoms with Gasteiger partial charge in [0, 0.05) is 33.3 Å². The van der Waals surface area contributed by atoms with Crippen LogP contribution in [0.5, 0.6) is 0 Å². The molecule has 0 saturated carbocycles. The van der Waals surface area contributed by atoms with E-state index in [4.69, 9.17) is 0 Å². The first-order chi connectivity index (χ1) is 6.06. The topological polar surface area (TPSA) is 33.1 Å². The Morgan fingerprint density at radius 1 is 1.46 bits per heavy atom. The van der Waals surface area contributed by atoms with E-state index in [1.165, 1.54) is 0 Å². The van der Waals surface area contributed by atoms with Crippen LogP contribution in [0.15, 0.2) is 6.07 Å². The summed E-state index contributed by atoms with van der Waals surface area (Å²) in [7, 11) is 5.90. The lowest BCUT2D eigenvalue weighted by Gasteiger charge is -2.10. The normalized spacial score (nSPS) is 10.6. The average Bonchev–Trinajstić information content (AvgIpc) is 2.47. The molecule has 4 heteroatoms. The van der Waals surface area contributed by atoms with Gasteiger partial charge in [-0.15, -0.1) is 0 Å². The van der Waals surface area contributed by atoms with E-state index in [1.54, 1.807) is 0 Å². The van der Waals surface area contributed by atoms with E-state index in [0.717, 1.165) is 11.6 Å². The number of hydrogen-bond acceptors (Lipinski definition) is 3. The summed E-state index contributed by atoms with van der Waals surface area (Å²) < 4.78 is 1.98. The van der Waals surface area contributed by atoms with Crippen LogP contribution in [0.3, 0.4) is 0 Å². The van der Waals surface area contributed by atoms with Gasteiger partial charge in [0.15, 0.2) is 5.82 Å². The van der Waals surface area contributed by atoms with Crippen molar-refractivity contribution < 1.29 is 0 Å². The molecule has 1 heterocycles. The number of anilines is 2. The molecule has 0 radical (unpaired) electrons. The van der Waals surface area contributed by atoms with Crippen molar-refractivity contribution in [3.8, 4) is 0 Å². The van der Waals surface area contributed by atoms with Gasteiger partial charge >= 0.3 is 0 Å². The lowest BCUT2D eigenvalue weighted by Crippen LogP contribution is -2.11. The number of nitrogens with zero attached hydrogens (tertiary/aromatic N) is 3. The Bertz CT molecular complexity index is 275. The summed E-state index contributed by atoms with van der Waals surface area (Å²) in [6.45, 7) is 4.24. The summed E-state index contributed by atoms with van der Waals surface area (Å²) in [6, 6.07) is 2.43. The second kappa shape index (κ2) is 3.68. The number of aromatic nitrogens is 2. The fraction of sp³-hybridized carbons (Fsp3) is 0.667. The van der Waals surface area contributed by atoms with Gasteiger partial charge in [0.25, 0.3) is 0 Å². The average molecular weight is 182 g/mol. The third-order valence-electron chi connectivity index (χ3n) is 1.93. The first kappa shape index (κ1) is 9.89.